The monoisotopic (exact) mass is 654 g/mol. The molecule has 2 nitrogen and oxygen atoms in total. The van der Waals surface area contributed by atoms with Crippen LogP contribution in [0.1, 0.15) is 126 Å². The molecule has 0 heterocycles. The molecule has 3 aliphatic rings. The minimum absolute atomic E-state index is 0.0682. The van der Waals surface area contributed by atoms with Crippen LogP contribution in [0.3, 0.4) is 0 Å². The second-order valence-electron chi connectivity index (χ2n) is 13.6. The number of ether oxygens (including phenoxy) is 2. The van der Waals surface area contributed by atoms with Gasteiger partial charge in [-0.2, -0.15) is 8.78 Å². The van der Waals surface area contributed by atoms with E-state index in [9.17, 15) is 26.3 Å². The standard InChI is InChI=1S/C37H45F7O2/c1-2-3-4-5-24-6-8-25(9-7-24)26-10-12-27(13-11-26)29-16-20-32(33(38)22-29)28-14-17-30(18-15-28)36(40,41)45-31-19-21-35(34(39)23-31)46-37(42,43)44/h16-17,19-28H,2-15,18H2,1H3. The van der Waals surface area contributed by atoms with Crippen molar-refractivity contribution in [1.82, 2.24) is 0 Å². The molecule has 0 aromatic heterocycles. The molecule has 0 spiro atoms. The largest absolute Gasteiger partial charge is 0.573 e. The minimum Gasteiger partial charge on any atom is -0.429 e. The molecule has 0 bridgehead atoms. The second-order valence-corrected chi connectivity index (χ2v) is 13.6. The maximum atomic E-state index is 15.4. The quantitative estimate of drug-likeness (QED) is 0.136. The van der Waals surface area contributed by atoms with E-state index in [1.165, 1.54) is 70.3 Å². The lowest BCUT2D eigenvalue weighted by molar-refractivity contribution is -0.275. The highest BCUT2D eigenvalue weighted by atomic mass is 19.4. The number of halogens is 7. The maximum Gasteiger partial charge on any atom is 0.573 e. The second kappa shape index (κ2) is 15.0. The van der Waals surface area contributed by atoms with Gasteiger partial charge in [-0.05, 0) is 117 Å². The van der Waals surface area contributed by atoms with Crippen molar-refractivity contribution in [3.63, 3.8) is 0 Å². The third-order valence-corrected chi connectivity index (χ3v) is 10.6. The summed E-state index contributed by atoms with van der Waals surface area (Å²) in [6.07, 6.45) is 8.19. The number of hydrogen-bond donors (Lipinski definition) is 0. The first-order chi connectivity index (χ1) is 21.9. The van der Waals surface area contributed by atoms with Gasteiger partial charge >= 0.3 is 12.5 Å². The Bertz CT molecular complexity index is 1320. The Morgan fingerprint density at radius 2 is 1.41 bits per heavy atom. The number of benzene rings is 2. The molecule has 2 fully saturated rings. The first-order valence-corrected chi connectivity index (χ1v) is 17.0. The SMILES string of the molecule is CCCCCC1CCC(C2CCC(c3ccc(C4CC=C(C(F)(F)Oc5ccc(OC(F)(F)F)c(F)c5)CC4)c(F)c3)CC2)CC1. The highest BCUT2D eigenvalue weighted by Crippen LogP contribution is 2.46. The Balaban J connectivity index is 1.11. The molecule has 5 rings (SSSR count). The first-order valence-electron chi connectivity index (χ1n) is 17.0. The van der Waals surface area contributed by atoms with Gasteiger partial charge in [0.15, 0.2) is 11.6 Å². The highest BCUT2D eigenvalue weighted by molar-refractivity contribution is 5.35. The van der Waals surface area contributed by atoms with Crippen molar-refractivity contribution in [2.24, 2.45) is 17.8 Å². The van der Waals surface area contributed by atoms with Crippen LogP contribution in [0.25, 0.3) is 0 Å². The fourth-order valence-corrected chi connectivity index (χ4v) is 8.03. The van der Waals surface area contributed by atoms with Crippen molar-refractivity contribution in [3.05, 3.63) is 70.8 Å². The lowest BCUT2D eigenvalue weighted by Gasteiger charge is -2.38. The normalized spacial score (nSPS) is 26.0. The van der Waals surface area contributed by atoms with Crippen LogP contribution in [0, 0.1) is 29.4 Å². The van der Waals surface area contributed by atoms with E-state index in [2.05, 4.69) is 16.4 Å². The third-order valence-electron chi connectivity index (χ3n) is 10.6. The van der Waals surface area contributed by atoms with Gasteiger partial charge in [0.05, 0.1) is 0 Å². The lowest BCUT2D eigenvalue weighted by Crippen LogP contribution is -2.29. The van der Waals surface area contributed by atoms with Gasteiger partial charge in [-0.15, -0.1) is 13.2 Å². The Labute approximate surface area is 267 Å². The summed E-state index contributed by atoms with van der Waals surface area (Å²) < 4.78 is 104. The smallest absolute Gasteiger partial charge is 0.429 e. The zero-order valence-corrected chi connectivity index (χ0v) is 26.5. The molecular weight excluding hydrogens is 609 g/mol. The van der Waals surface area contributed by atoms with Gasteiger partial charge < -0.3 is 9.47 Å². The molecule has 2 aromatic rings. The fourth-order valence-electron chi connectivity index (χ4n) is 8.03. The van der Waals surface area contributed by atoms with E-state index in [0.29, 0.717) is 23.6 Å². The third kappa shape index (κ3) is 9.00. The zero-order valence-electron chi connectivity index (χ0n) is 26.5. The predicted molar refractivity (Wildman–Crippen MR) is 164 cm³/mol. The Morgan fingerprint density at radius 3 is 2.00 bits per heavy atom. The molecular formula is C37H45F7O2. The molecule has 3 aliphatic carbocycles. The van der Waals surface area contributed by atoms with Crippen LogP contribution in [0.15, 0.2) is 48.0 Å². The van der Waals surface area contributed by atoms with Gasteiger partial charge in [-0.1, -0.05) is 63.7 Å². The van der Waals surface area contributed by atoms with Gasteiger partial charge in [0.25, 0.3) is 0 Å². The van der Waals surface area contributed by atoms with Crippen LogP contribution in [-0.4, -0.2) is 12.5 Å². The predicted octanol–water partition coefficient (Wildman–Crippen LogP) is 12.4. The molecule has 1 unspecified atom stereocenters. The van der Waals surface area contributed by atoms with E-state index < -0.39 is 29.8 Å². The molecule has 1 atom stereocenters. The molecule has 2 aromatic carbocycles. The van der Waals surface area contributed by atoms with E-state index in [1.807, 2.05) is 12.1 Å². The van der Waals surface area contributed by atoms with Crippen LogP contribution in [0.5, 0.6) is 11.5 Å². The Morgan fingerprint density at radius 1 is 0.717 bits per heavy atom. The van der Waals surface area contributed by atoms with Crippen LogP contribution in [-0.2, 0) is 0 Å². The molecule has 0 amide bonds. The molecule has 254 valence electrons. The van der Waals surface area contributed by atoms with Crippen LogP contribution in [0.4, 0.5) is 30.7 Å². The minimum atomic E-state index is -5.12. The van der Waals surface area contributed by atoms with Crippen LogP contribution >= 0.6 is 0 Å². The number of rotatable bonds is 11. The zero-order chi connectivity index (χ0) is 32.9. The highest BCUT2D eigenvalue weighted by Gasteiger charge is 2.40. The fraction of sp³-hybridized carbons (Fsp3) is 0.622. The summed E-state index contributed by atoms with van der Waals surface area (Å²) >= 11 is 0. The number of hydrogen-bond acceptors (Lipinski definition) is 2. The van der Waals surface area contributed by atoms with Gasteiger partial charge in [0.1, 0.15) is 11.6 Å². The van der Waals surface area contributed by atoms with E-state index in [4.69, 9.17) is 0 Å². The summed E-state index contributed by atoms with van der Waals surface area (Å²) in [5, 5.41) is 0. The van der Waals surface area contributed by atoms with Gasteiger partial charge in [-0.3, -0.25) is 0 Å². The van der Waals surface area contributed by atoms with E-state index in [-0.39, 0.29) is 36.6 Å². The van der Waals surface area contributed by atoms with Crippen molar-refractivity contribution in [2.75, 3.05) is 0 Å². The summed E-state index contributed by atoms with van der Waals surface area (Å²) in [5.74, 6) is -0.953. The number of unbranched alkanes of at least 4 members (excludes halogenated alkanes) is 2. The van der Waals surface area contributed by atoms with Crippen LogP contribution in [0.2, 0.25) is 0 Å². The summed E-state index contributed by atoms with van der Waals surface area (Å²) in [7, 11) is 0. The Kier molecular flexibility index (Phi) is 11.3. The molecule has 9 heteroatoms. The summed E-state index contributed by atoms with van der Waals surface area (Å²) in [5.41, 5.74) is 1.19. The van der Waals surface area contributed by atoms with Crippen molar-refractivity contribution in [1.29, 1.82) is 0 Å². The van der Waals surface area contributed by atoms with Crippen LogP contribution < -0.4 is 9.47 Å². The summed E-state index contributed by atoms with van der Waals surface area (Å²) in [6.45, 7) is 2.26. The van der Waals surface area contributed by atoms with Crippen molar-refractivity contribution in [3.8, 4) is 11.5 Å². The lowest BCUT2D eigenvalue weighted by atomic mass is 9.68. The summed E-state index contributed by atoms with van der Waals surface area (Å²) in [4.78, 5) is 0. The maximum absolute atomic E-state index is 15.4. The van der Waals surface area contributed by atoms with Crippen molar-refractivity contribution >= 4 is 0 Å². The van der Waals surface area contributed by atoms with E-state index in [1.54, 1.807) is 6.07 Å². The molecule has 2 saturated carbocycles. The number of allylic oxidation sites excluding steroid dienone is 1. The first kappa shape index (κ1) is 34.6. The van der Waals surface area contributed by atoms with E-state index >= 15 is 4.39 Å². The van der Waals surface area contributed by atoms with Crippen molar-refractivity contribution < 1.29 is 40.2 Å². The Hall–Kier alpha value is -2.71. The van der Waals surface area contributed by atoms with E-state index in [0.717, 1.165) is 42.2 Å². The molecule has 0 saturated heterocycles. The molecule has 0 radical (unpaired) electrons. The number of alkyl halides is 5. The molecule has 0 aliphatic heterocycles. The van der Waals surface area contributed by atoms with Crippen molar-refractivity contribution in [2.45, 2.75) is 128 Å². The molecule has 46 heavy (non-hydrogen) atoms. The van der Waals surface area contributed by atoms with Gasteiger partial charge in [0, 0.05) is 11.6 Å². The van der Waals surface area contributed by atoms with Gasteiger partial charge in [0.2, 0.25) is 0 Å². The van der Waals surface area contributed by atoms with Gasteiger partial charge in [-0.25, -0.2) is 8.78 Å². The topological polar surface area (TPSA) is 18.5 Å². The molecule has 0 N–H and O–H groups in total. The average Bonchev–Trinajstić information content (AvgIpc) is 3.02. The average molecular weight is 655 g/mol. The summed E-state index contributed by atoms with van der Waals surface area (Å²) in [6, 6.07) is 7.24.